The number of nitrogen functional groups attached to an aromatic ring is 1. The molecule has 1 aliphatic heterocycles. The van der Waals surface area contributed by atoms with E-state index >= 15 is 0 Å². The van der Waals surface area contributed by atoms with Crippen LogP contribution < -0.4 is 5.73 Å². The first-order chi connectivity index (χ1) is 9.29. The Morgan fingerprint density at radius 2 is 2.37 bits per heavy atom. The van der Waals surface area contributed by atoms with Crippen LogP contribution in [0.4, 0.5) is 5.82 Å². The third kappa shape index (κ3) is 2.22. The standard InChI is InChI=1S/C14H17N3O2/c1-18-8-10-3-2-4-11(7-10)17-13-5-6-19-9-12(13)14(15)16-17/h2-4,7H,5-6,8-9H2,1H3,(H2,15,16). The van der Waals surface area contributed by atoms with Crippen LogP contribution in [0.1, 0.15) is 16.8 Å². The van der Waals surface area contributed by atoms with Gasteiger partial charge in [-0.15, -0.1) is 0 Å². The number of methoxy groups -OCH3 is 1. The minimum atomic E-state index is 0.554. The zero-order valence-corrected chi connectivity index (χ0v) is 10.9. The van der Waals surface area contributed by atoms with E-state index in [0.717, 1.165) is 35.5 Å². The molecule has 0 atom stereocenters. The topological polar surface area (TPSA) is 62.3 Å². The van der Waals surface area contributed by atoms with Gasteiger partial charge in [0.2, 0.25) is 0 Å². The molecule has 2 aromatic rings. The smallest absolute Gasteiger partial charge is 0.151 e. The summed E-state index contributed by atoms with van der Waals surface area (Å²) in [4.78, 5) is 0. The summed E-state index contributed by atoms with van der Waals surface area (Å²) >= 11 is 0. The van der Waals surface area contributed by atoms with Gasteiger partial charge in [-0.3, -0.25) is 0 Å². The highest BCUT2D eigenvalue weighted by Gasteiger charge is 2.20. The SMILES string of the molecule is COCc1cccc(-n2nc(N)c3c2CCOC3)c1. The minimum Gasteiger partial charge on any atom is -0.382 e. The second-order valence-electron chi connectivity index (χ2n) is 4.63. The Hall–Kier alpha value is -1.85. The summed E-state index contributed by atoms with van der Waals surface area (Å²) in [7, 11) is 1.69. The summed E-state index contributed by atoms with van der Waals surface area (Å²) in [5, 5.41) is 4.44. The van der Waals surface area contributed by atoms with Crippen LogP contribution in [0.2, 0.25) is 0 Å². The molecule has 1 aliphatic rings. The van der Waals surface area contributed by atoms with Crippen molar-refractivity contribution in [2.24, 2.45) is 0 Å². The Labute approximate surface area is 111 Å². The van der Waals surface area contributed by atoms with Crippen molar-refractivity contribution in [3.05, 3.63) is 41.1 Å². The number of rotatable bonds is 3. The second kappa shape index (κ2) is 5.03. The Morgan fingerprint density at radius 1 is 1.47 bits per heavy atom. The molecule has 2 N–H and O–H groups in total. The largest absolute Gasteiger partial charge is 0.382 e. The van der Waals surface area contributed by atoms with Gasteiger partial charge in [0.05, 0.1) is 31.2 Å². The molecule has 0 amide bonds. The fourth-order valence-electron chi connectivity index (χ4n) is 2.42. The number of hydrogen-bond donors (Lipinski definition) is 1. The molecule has 100 valence electrons. The van der Waals surface area contributed by atoms with Crippen molar-refractivity contribution in [2.45, 2.75) is 19.6 Å². The Kier molecular flexibility index (Phi) is 3.23. The molecule has 0 spiro atoms. The van der Waals surface area contributed by atoms with Crippen molar-refractivity contribution in [1.29, 1.82) is 0 Å². The van der Waals surface area contributed by atoms with E-state index in [1.54, 1.807) is 7.11 Å². The Balaban J connectivity index is 2.04. The number of anilines is 1. The van der Waals surface area contributed by atoms with E-state index in [2.05, 4.69) is 11.2 Å². The first-order valence-corrected chi connectivity index (χ1v) is 6.32. The summed E-state index contributed by atoms with van der Waals surface area (Å²) in [6.07, 6.45) is 0.841. The Morgan fingerprint density at radius 3 is 3.21 bits per heavy atom. The van der Waals surface area contributed by atoms with E-state index in [1.807, 2.05) is 22.9 Å². The van der Waals surface area contributed by atoms with Crippen LogP contribution in [0.3, 0.4) is 0 Å². The number of ether oxygens (including phenoxy) is 2. The molecule has 0 aliphatic carbocycles. The molecule has 19 heavy (non-hydrogen) atoms. The van der Waals surface area contributed by atoms with Crippen molar-refractivity contribution in [3.8, 4) is 5.69 Å². The quantitative estimate of drug-likeness (QED) is 0.910. The molecule has 0 saturated heterocycles. The van der Waals surface area contributed by atoms with Gasteiger partial charge in [-0.05, 0) is 17.7 Å². The zero-order valence-electron chi connectivity index (χ0n) is 10.9. The number of nitrogens with two attached hydrogens (primary N) is 1. The summed E-state index contributed by atoms with van der Waals surface area (Å²) in [5.74, 6) is 0.562. The van der Waals surface area contributed by atoms with Gasteiger partial charge in [-0.1, -0.05) is 12.1 Å². The Bertz CT molecular complexity index is 592. The fraction of sp³-hybridized carbons (Fsp3) is 0.357. The van der Waals surface area contributed by atoms with E-state index in [4.69, 9.17) is 15.2 Å². The molecule has 0 radical (unpaired) electrons. The molecule has 0 bridgehead atoms. The van der Waals surface area contributed by atoms with E-state index in [1.165, 1.54) is 0 Å². The van der Waals surface area contributed by atoms with Crippen LogP contribution in [0.5, 0.6) is 0 Å². The summed E-state index contributed by atoms with van der Waals surface area (Å²) in [6, 6.07) is 8.15. The molecule has 0 fully saturated rings. The summed E-state index contributed by atoms with van der Waals surface area (Å²) < 4.78 is 12.5. The maximum atomic E-state index is 5.96. The van der Waals surface area contributed by atoms with Gasteiger partial charge in [-0.25, -0.2) is 4.68 Å². The average molecular weight is 259 g/mol. The van der Waals surface area contributed by atoms with Gasteiger partial charge < -0.3 is 15.2 Å². The van der Waals surface area contributed by atoms with Gasteiger partial charge >= 0.3 is 0 Å². The second-order valence-corrected chi connectivity index (χ2v) is 4.63. The van der Waals surface area contributed by atoms with Crippen molar-refractivity contribution in [3.63, 3.8) is 0 Å². The minimum absolute atomic E-state index is 0.554. The average Bonchev–Trinajstić information content (AvgIpc) is 2.78. The highest BCUT2D eigenvalue weighted by atomic mass is 16.5. The summed E-state index contributed by atoms with van der Waals surface area (Å²) in [6.45, 7) is 1.87. The molecule has 2 heterocycles. The number of hydrogen-bond acceptors (Lipinski definition) is 4. The predicted octanol–water partition coefficient (Wildman–Crippen LogP) is 1.67. The normalized spacial score (nSPS) is 14.4. The van der Waals surface area contributed by atoms with Gasteiger partial charge in [0, 0.05) is 19.1 Å². The highest BCUT2D eigenvalue weighted by Crippen LogP contribution is 2.25. The lowest BCUT2D eigenvalue weighted by Crippen LogP contribution is -2.13. The summed E-state index contributed by atoms with van der Waals surface area (Å²) in [5.41, 5.74) is 10.3. The van der Waals surface area contributed by atoms with Crippen molar-refractivity contribution < 1.29 is 9.47 Å². The van der Waals surface area contributed by atoms with Crippen LogP contribution in [0.15, 0.2) is 24.3 Å². The number of nitrogens with zero attached hydrogens (tertiary/aromatic N) is 2. The van der Waals surface area contributed by atoms with Gasteiger partial charge in [0.25, 0.3) is 0 Å². The van der Waals surface area contributed by atoms with Crippen molar-refractivity contribution in [2.75, 3.05) is 19.5 Å². The van der Waals surface area contributed by atoms with Crippen LogP contribution in [-0.4, -0.2) is 23.5 Å². The van der Waals surface area contributed by atoms with Crippen LogP contribution in [0.25, 0.3) is 5.69 Å². The lowest BCUT2D eigenvalue weighted by molar-refractivity contribution is 0.110. The maximum Gasteiger partial charge on any atom is 0.151 e. The van der Waals surface area contributed by atoms with E-state index in [-0.39, 0.29) is 0 Å². The van der Waals surface area contributed by atoms with Gasteiger partial charge in [-0.2, -0.15) is 5.10 Å². The third-order valence-corrected chi connectivity index (χ3v) is 3.32. The number of benzene rings is 1. The maximum absolute atomic E-state index is 5.96. The molecule has 3 rings (SSSR count). The van der Waals surface area contributed by atoms with Gasteiger partial charge in [0.15, 0.2) is 5.82 Å². The lowest BCUT2D eigenvalue weighted by Gasteiger charge is -2.15. The third-order valence-electron chi connectivity index (χ3n) is 3.32. The molecular weight excluding hydrogens is 242 g/mol. The molecular formula is C14H17N3O2. The molecule has 5 heteroatoms. The van der Waals surface area contributed by atoms with Crippen LogP contribution >= 0.6 is 0 Å². The molecule has 5 nitrogen and oxygen atoms in total. The van der Waals surface area contributed by atoms with E-state index in [9.17, 15) is 0 Å². The van der Waals surface area contributed by atoms with Crippen LogP contribution in [0, 0.1) is 0 Å². The highest BCUT2D eigenvalue weighted by molar-refractivity contribution is 5.48. The number of fused-ring (bicyclic) bond motifs is 1. The lowest BCUT2D eigenvalue weighted by atomic mass is 10.1. The van der Waals surface area contributed by atoms with Crippen molar-refractivity contribution in [1.82, 2.24) is 9.78 Å². The predicted molar refractivity (Wildman–Crippen MR) is 72.0 cm³/mol. The van der Waals surface area contributed by atoms with Crippen molar-refractivity contribution >= 4 is 5.82 Å². The monoisotopic (exact) mass is 259 g/mol. The number of aromatic nitrogens is 2. The van der Waals surface area contributed by atoms with E-state index in [0.29, 0.717) is 19.0 Å². The molecule has 0 saturated carbocycles. The van der Waals surface area contributed by atoms with E-state index < -0.39 is 0 Å². The van der Waals surface area contributed by atoms with Gasteiger partial charge in [0.1, 0.15) is 0 Å². The first kappa shape index (κ1) is 12.2. The molecule has 1 aromatic heterocycles. The first-order valence-electron chi connectivity index (χ1n) is 6.32. The zero-order chi connectivity index (χ0) is 13.2. The molecule has 0 unspecified atom stereocenters. The fourth-order valence-corrected chi connectivity index (χ4v) is 2.42. The van der Waals surface area contributed by atoms with Crippen LogP contribution in [-0.2, 0) is 29.1 Å². The molecule has 1 aromatic carbocycles.